The summed E-state index contributed by atoms with van der Waals surface area (Å²) in [6.45, 7) is -0.349. The summed E-state index contributed by atoms with van der Waals surface area (Å²) in [6, 6.07) is 0. The van der Waals surface area contributed by atoms with Crippen LogP contribution in [0.25, 0.3) is 0 Å². The van der Waals surface area contributed by atoms with Crippen LogP contribution in [0.3, 0.4) is 0 Å². The first kappa shape index (κ1) is 16.5. The molecule has 0 spiro atoms. The number of halogens is 5. The lowest BCUT2D eigenvalue weighted by Crippen LogP contribution is -2.60. The quantitative estimate of drug-likeness (QED) is 0.556. The van der Waals surface area contributed by atoms with E-state index in [1.807, 2.05) is 0 Å². The van der Waals surface area contributed by atoms with Crippen molar-refractivity contribution in [3.63, 3.8) is 0 Å². The number of nitrogens with one attached hydrogen (secondary N) is 1. The summed E-state index contributed by atoms with van der Waals surface area (Å²) in [7, 11) is -10.2. The minimum atomic E-state index is -5.95. The summed E-state index contributed by atoms with van der Waals surface area (Å²) < 4.78 is 107. The van der Waals surface area contributed by atoms with Gasteiger partial charge in [-0.1, -0.05) is 0 Å². The molecule has 0 amide bonds. The zero-order valence-electron chi connectivity index (χ0n) is 8.38. The van der Waals surface area contributed by atoms with Gasteiger partial charge in [-0.25, -0.2) is 25.9 Å². The molecule has 0 radical (unpaired) electrons. The van der Waals surface area contributed by atoms with Crippen molar-refractivity contribution in [2.45, 2.75) is 23.1 Å². The van der Waals surface area contributed by atoms with Gasteiger partial charge in [0.1, 0.15) is 0 Å². The molecular formula is C5H8F5NO4S2. The Kier molecular flexibility index (Phi) is 4.19. The van der Waals surface area contributed by atoms with Crippen LogP contribution in [0.15, 0.2) is 0 Å². The molecule has 104 valence electrons. The molecule has 0 aromatic carbocycles. The van der Waals surface area contributed by atoms with E-state index in [0.717, 1.165) is 4.72 Å². The van der Waals surface area contributed by atoms with Crippen molar-refractivity contribution < 1.29 is 38.8 Å². The Labute approximate surface area is 95.0 Å². The second kappa shape index (κ2) is 4.31. The van der Waals surface area contributed by atoms with Crippen molar-refractivity contribution in [1.29, 1.82) is 0 Å². The van der Waals surface area contributed by atoms with E-state index in [1.54, 1.807) is 0 Å². The molecule has 0 fully saturated rings. The molecule has 0 aliphatic heterocycles. The van der Waals surface area contributed by atoms with E-state index in [4.69, 9.17) is 0 Å². The average Bonchev–Trinajstić information content (AvgIpc) is 2.16. The largest absolute Gasteiger partial charge is 0.425 e. The summed E-state index contributed by atoms with van der Waals surface area (Å²) in [4.78, 5) is 0. The Hall–Kier alpha value is -0.490. The Bertz CT molecular complexity index is 461. The molecule has 0 bridgehead atoms. The minimum absolute atomic E-state index is 0.349. The van der Waals surface area contributed by atoms with Crippen LogP contribution in [0.5, 0.6) is 0 Å². The molecule has 1 N–H and O–H groups in total. The number of hydrogen-bond acceptors (Lipinski definition) is 4. The van der Waals surface area contributed by atoms with Gasteiger partial charge >= 0.3 is 11.2 Å². The highest BCUT2D eigenvalue weighted by molar-refractivity contribution is 7.90. The van der Waals surface area contributed by atoms with Gasteiger partial charge in [0.25, 0.3) is 15.0 Å². The molecule has 0 heterocycles. The smallest absolute Gasteiger partial charge is 0.228 e. The Morgan fingerprint density at radius 1 is 1.06 bits per heavy atom. The standard InChI is InChI=1S/C5H8F5NO4S2/c1-3(6,16(12)13)4(7,8)5(9,10)17(14,15)11-2/h11,16H,1-2H3. The third kappa shape index (κ3) is 2.25. The van der Waals surface area contributed by atoms with Gasteiger partial charge in [0, 0.05) is 0 Å². The summed E-state index contributed by atoms with van der Waals surface area (Å²) >= 11 is 0. The van der Waals surface area contributed by atoms with Crippen molar-refractivity contribution in [2.75, 3.05) is 7.05 Å². The van der Waals surface area contributed by atoms with Crippen LogP contribution in [0.2, 0.25) is 0 Å². The molecule has 0 saturated carbocycles. The fourth-order valence-electron chi connectivity index (χ4n) is 0.677. The third-order valence-corrected chi connectivity index (χ3v) is 4.32. The zero-order valence-corrected chi connectivity index (χ0v) is 10.1. The van der Waals surface area contributed by atoms with E-state index < -0.39 is 36.9 Å². The number of rotatable bonds is 5. The summed E-state index contributed by atoms with van der Waals surface area (Å²) in [6.07, 6.45) is 0. The molecule has 1 unspecified atom stereocenters. The minimum Gasteiger partial charge on any atom is -0.228 e. The van der Waals surface area contributed by atoms with Crippen LogP contribution in [-0.4, -0.2) is 40.1 Å². The van der Waals surface area contributed by atoms with Crippen molar-refractivity contribution in [1.82, 2.24) is 4.72 Å². The van der Waals surface area contributed by atoms with Crippen molar-refractivity contribution in [3.05, 3.63) is 0 Å². The lowest BCUT2D eigenvalue weighted by Gasteiger charge is -2.31. The van der Waals surface area contributed by atoms with E-state index in [9.17, 15) is 38.8 Å². The van der Waals surface area contributed by atoms with Crippen LogP contribution in [0, 0.1) is 0 Å². The molecule has 0 aromatic rings. The van der Waals surface area contributed by atoms with Crippen LogP contribution in [-0.2, 0) is 20.7 Å². The number of sulfonamides is 1. The van der Waals surface area contributed by atoms with E-state index >= 15 is 0 Å². The summed E-state index contributed by atoms with van der Waals surface area (Å²) in [5, 5.41) is -10.6. The predicted molar refractivity (Wildman–Crippen MR) is 47.7 cm³/mol. The van der Waals surface area contributed by atoms with Gasteiger partial charge in [0.05, 0.1) is 0 Å². The summed E-state index contributed by atoms with van der Waals surface area (Å²) in [5.74, 6) is -5.95. The number of hydrogen-bond donors (Lipinski definition) is 2. The molecule has 5 nitrogen and oxygen atoms in total. The SMILES string of the molecule is CNS(=O)(=O)C(F)(F)C(F)(F)C(C)(F)[SH](=O)=O. The van der Waals surface area contributed by atoms with Gasteiger partial charge in [-0.3, -0.25) is 0 Å². The highest BCUT2D eigenvalue weighted by Crippen LogP contribution is 2.47. The lowest BCUT2D eigenvalue weighted by molar-refractivity contribution is -0.202. The molecule has 17 heavy (non-hydrogen) atoms. The second-order valence-corrected chi connectivity index (χ2v) is 6.29. The average molecular weight is 305 g/mol. The Balaban J connectivity index is 5.96. The van der Waals surface area contributed by atoms with Crippen molar-refractivity contribution in [2.24, 2.45) is 0 Å². The van der Waals surface area contributed by atoms with E-state index in [2.05, 4.69) is 0 Å². The molecule has 0 aliphatic rings. The van der Waals surface area contributed by atoms with E-state index in [0.29, 0.717) is 7.05 Å². The Morgan fingerprint density at radius 2 is 1.41 bits per heavy atom. The van der Waals surface area contributed by atoms with Crippen molar-refractivity contribution in [3.8, 4) is 0 Å². The molecule has 1 atom stereocenters. The first-order valence-corrected chi connectivity index (χ1v) is 6.44. The van der Waals surface area contributed by atoms with Gasteiger partial charge < -0.3 is 0 Å². The normalized spacial score (nSPS) is 18.1. The molecule has 12 heteroatoms. The number of alkyl halides is 5. The molecular weight excluding hydrogens is 297 g/mol. The van der Waals surface area contributed by atoms with Gasteiger partial charge in [0.15, 0.2) is 10.7 Å². The number of thiol groups is 1. The molecule has 0 saturated heterocycles. The van der Waals surface area contributed by atoms with Gasteiger partial charge in [-0.05, 0) is 14.0 Å². The highest BCUT2D eigenvalue weighted by atomic mass is 32.2. The van der Waals surface area contributed by atoms with Crippen LogP contribution >= 0.6 is 0 Å². The fourth-order valence-corrected chi connectivity index (χ4v) is 1.91. The van der Waals surface area contributed by atoms with E-state index in [-0.39, 0.29) is 6.92 Å². The third-order valence-electron chi connectivity index (χ3n) is 1.89. The topological polar surface area (TPSA) is 80.3 Å². The maximum atomic E-state index is 13.0. The molecule has 0 rings (SSSR count). The van der Waals surface area contributed by atoms with Gasteiger partial charge in [-0.15, -0.1) is 0 Å². The lowest BCUT2D eigenvalue weighted by atomic mass is 10.2. The first-order valence-electron chi connectivity index (χ1n) is 3.78. The fraction of sp³-hybridized carbons (Fsp3) is 1.00. The predicted octanol–water partition coefficient (Wildman–Crippen LogP) is 0.0608. The van der Waals surface area contributed by atoms with Crippen LogP contribution in [0.4, 0.5) is 22.0 Å². The summed E-state index contributed by atoms with van der Waals surface area (Å²) in [5.41, 5.74) is 0. The van der Waals surface area contributed by atoms with Crippen molar-refractivity contribution >= 4 is 20.7 Å². The Morgan fingerprint density at radius 3 is 1.65 bits per heavy atom. The molecule has 0 aliphatic carbocycles. The maximum Gasteiger partial charge on any atom is 0.425 e. The van der Waals surface area contributed by atoms with E-state index in [1.165, 1.54) is 0 Å². The highest BCUT2D eigenvalue weighted by Gasteiger charge is 2.75. The van der Waals surface area contributed by atoms with Gasteiger partial charge in [0.2, 0.25) is 0 Å². The van der Waals surface area contributed by atoms with Crippen LogP contribution < -0.4 is 4.72 Å². The second-order valence-electron chi connectivity index (χ2n) is 3.01. The van der Waals surface area contributed by atoms with Crippen LogP contribution in [0.1, 0.15) is 6.92 Å². The molecule has 0 aromatic heterocycles. The maximum absolute atomic E-state index is 13.0. The first-order chi connectivity index (χ1) is 7.25. The monoisotopic (exact) mass is 305 g/mol. The zero-order chi connectivity index (χ0) is 14.3. The van der Waals surface area contributed by atoms with Gasteiger partial charge in [-0.2, -0.15) is 17.6 Å².